The van der Waals surface area contributed by atoms with Crippen molar-refractivity contribution in [1.82, 2.24) is 14.7 Å². The van der Waals surface area contributed by atoms with Gasteiger partial charge in [0, 0.05) is 30.2 Å². The molecule has 4 rings (SSSR count). The van der Waals surface area contributed by atoms with Gasteiger partial charge in [0.15, 0.2) is 0 Å². The molecule has 42 heavy (non-hydrogen) atoms. The number of carbonyl (C=O) groups excluding carboxylic acids is 2. The number of likely N-dealkylation sites (tertiary alicyclic amines) is 1. The Morgan fingerprint density at radius 3 is 2.36 bits per heavy atom. The highest BCUT2D eigenvalue weighted by Crippen LogP contribution is 2.38. The molecule has 230 valence electrons. The standard InChI is InChI=1S/C32H43F3N4O3/c1-30(2,3)42-29(41)38-20-24-26(31(4,5)21-38)12-9-13-27(24)36-18-28(40)39(23-14-16-37(6)17-15-23)19-22-10-7-8-11-25(22)32(33,34)35/h7-13,23,36H,14-21H2,1-6H3. The van der Waals surface area contributed by atoms with Crippen molar-refractivity contribution in [2.45, 2.75) is 83.8 Å². The highest BCUT2D eigenvalue weighted by atomic mass is 19.4. The lowest BCUT2D eigenvalue weighted by atomic mass is 9.78. The summed E-state index contributed by atoms with van der Waals surface area (Å²) in [6.45, 7) is 11.8. The summed E-state index contributed by atoms with van der Waals surface area (Å²) in [5.74, 6) is -0.266. The second-order valence-corrected chi connectivity index (χ2v) is 13.1. The maximum absolute atomic E-state index is 13.8. The summed E-state index contributed by atoms with van der Waals surface area (Å²) in [5, 5.41) is 3.27. The van der Waals surface area contributed by atoms with Crippen molar-refractivity contribution in [3.05, 3.63) is 64.7 Å². The van der Waals surface area contributed by atoms with Gasteiger partial charge in [0.2, 0.25) is 5.91 Å². The predicted octanol–water partition coefficient (Wildman–Crippen LogP) is 6.27. The number of halogens is 3. The summed E-state index contributed by atoms with van der Waals surface area (Å²) in [6, 6.07) is 11.1. The van der Waals surface area contributed by atoms with E-state index in [4.69, 9.17) is 4.74 Å². The van der Waals surface area contributed by atoms with Crippen LogP contribution in [0.1, 0.15) is 69.7 Å². The summed E-state index contributed by atoms with van der Waals surface area (Å²) in [4.78, 5) is 32.2. The zero-order valence-electron chi connectivity index (χ0n) is 25.5. The summed E-state index contributed by atoms with van der Waals surface area (Å²) < 4.78 is 47.1. The molecule has 0 aliphatic carbocycles. The van der Waals surface area contributed by atoms with Gasteiger partial charge in [-0.2, -0.15) is 13.2 Å². The van der Waals surface area contributed by atoms with Crippen LogP contribution in [-0.4, -0.2) is 71.6 Å². The van der Waals surface area contributed by atoms with Crippen molar-refractivity contribution in [3.63, 3.8) is 0 Å². The maximum Gasteiger partial charge on any atom is 0.416 e. The van der Waals surface area contributed by atoms with E-state index in [1.54, 1.807) is 15.9 Å². The normalized spacial score (nSPS) is 17.9. The number of alkyl halides is 3. The van der Waals surface area contributed by atoms with Crippen molar-refractivity contribution in [3.8, 4) is 0 Å². The van der Waals surface area contributed by atoms with Crippen LogP contribution in [0, 0.1) is 0 Å². The van der Waals surface area contributed by atoms with Gasteiger partial charge >= 0.3 is 12.3 Å². The molecule has 2 aliphatic heterocycles. The zero-order chi connectivity index (χ0) is 30.9. The molecule has 1 fully saturated rings. The molecular weight excluding hydrogens is 545 g/mol. The van der Waals surface area contributed by atoms with Crippen LogP contribution in [0.4, 0.5) is 23.7 Å². The molecule has 0 spiro atoms. The highest BCUT2D eigenvalue weighted by molar-refractivity contribution is 5.82. The third kappa shape index (κ3) is 7.56. The maximum atomic E-state index is 13.8. The Hall–Kier alpha value is -3.27. The van der Waals surface area contributed by atoms with E-state index in [0.717, 1.165) is 36.0 Å². The van der Waals surface area contributed by atoms with E-state index in [0.29, 0.717) is 25.9 Å². The van der Waals surface area contributed by atoms with Gasteiger partial charge in [0.05, 0.1) is 18.7 Å². The number of nitrogens with zero attached hydrogens (tertiary/aromatic N) is 3. The fourth-order valence-electron chi connectivity index (χ4n) is 5.94. The van der Waals surface area contributed by atoms with Crippen molar-refractivity contribution in [2.75, 3.05) is 38.5 Å². The van der Waals surface area contributed by atoms with E-state index < -0.39 is 23.4 Å². The number of nitrogens with one attached hydrogen (secondary N) is 1. The van der Waals surface area contributed by atoms with Crippen LogP contribution in [0.25, 0.3) is 0 Å². The number of fused-ring (bicyclic) bond motifs is 1. The summed E-state index contributed by atoms with van der Waals surface area (Å²) in [5.41, 5.74) is 1.09. The minimum atomic E-state index is -4.51. The largest absolute Gasteiger partial charge is 0.444 e. The lowest BCUT2D eigenvalue weighted by Gasteiger charge is -2.41. The monoisotopic (exact) mass is 588 g/mol. The number of piperidine rings is 1. The van der Waals surface area contributed by atoms with Crippen LogP contribution < -0.4 is 5.32 Å². The lowest BCUT2D eigenvalue weighted by molar-refractivity contribution is -0.140. The molecule has 7 nitrogen and oxygen atoms in total. The van der Waals surface area contributed by atoms with E-state index in [1.165, 1.54) is 12.1 Å². The van der Waals surface area contributed by atoms with Crippen LogP contribution in [0.5, 0.6) is 0 Å². The fraction of sp³-hybridized carbons (Fsp3) is 0.562. The molecule has 1 N–H and O–H groups in total. The van der Waals surface area contributed by atoms with Crippen molar-refractivity contribution in [2.24, 2.45) is 0 Å². The molecule has 10 heteroatoms. The molecule has 0 aromatic heterocycles. The van der Waals surface area contributed by atoms with Crippen LogP contribution in [-0.2, 0) is 34.2 Å². The molecule has 2 aliphatic rings. The highest BCUT2D eigenvalue weighted by Gasteiger charge is 2.38. The first-order valence-electron chi connectivity index (χ1n) is 14.5. The molecule has 2 amide bonds. The SMILES string of the molecule is CN1CCC(N(Cc2ccccc2C(F)(F)F)C(=O)CNc2cccc3c2CN(C(=O)OC(C)(C)C)CC3(C)C)CC1. The van der Waals surface area contributed by atoms with Crippen molar-refractivity contribution < 1.29 is 27.5 Å². The fourth-order valence-corrected chi connectivity index (χ4v) is 5.94. The van der Waals surface area contributed by atoms with Crippen molar-refractivity contribution >= 4 is 17.7 Å². The number of benzene rings is 2. The number of amides is 2. The Balaban J connectivity index is 1.57. The number of carbonyl (C=O) groups is 2. The molecule has 0 atom stereocenters. The zero-order valence-corrected chi connectivity index (χ0v) is 25.5. The summed E-state index contributed by atoms with van der Waals surface area (Å²) in [7, 11) is 2.00. The molecular formula is C32H43F3N4O3. The van der Waals surface area contributed by atoms with Gasteiger partial charge in [-0.05, 0) is 82.6 Å². The molecule has 0 saturated carbocycles. The van der Waals surface area contributed by atoms with E-state index in [2.05, 4.69) is 24.1 Å². The number of rotatable bonds is 6. The Bertz CT molecular complexity index is 1280. The second kappa shape index (κ2) is 12.1. The average Bonchev–Trinajstić information content (AvgIpc) is 2.89. The van der Waals surface area contributed by atoms with Crippen LogP contribution >= 0.6 is 0 Å². The topological polar surface area (TPSA) is 65.1 Å². The minimum Gasteiger partial charge on any atom is -0.444 e. The van der Waals surface area contributed by atoms with Gasteiger partial charge in [0.1, 0.15) is 5.60 Å². The smallest absolute Gasteiger partial charge is 0.416 e. The van der Waals surface area contributed by atoms with Gasteiger partial charge in [0.25, 0.3) is 0 Å². The van der Waals surface area contributed by atoms with Gasteiger partial charge < -0.3 is 24.8 Å². The number of anilines is 1. The second-order valence-electron chi connectivity index (χ2n) is 13.1. The Morgan fingerprint density at radius 1 is 1.05 bits per heavy atom. The third-order valence-corrected chi connectivity index (χ3v) is 8.03. The van der Waals surface area contributed by atoms with E-state index in [1.807, 2.05) is 46.0 Å². The molecule has 0 bridgehead atoms. The van der Waals surface area contributed by atoms with E-state index in [9.17, 15) is 22.8 Å². The van der Waals surface area contributed by atoms with Crippen LogP contribution in [0.2, 0.25) is 0 Å². The minimum absolute atomic E-state index is 0.0795. The average molecular weight is 589 g/mol. The third-order valence-electron chi connectivity index (χ3n) is 8.03. The first-order valence-corrected chi connectivity index (χ1v) is 14.5. The van der Waals surface area contributed by atoms with E-state index >= 15 is 0 Å². The Morgan fingerprint density at radius 2 is 1.71 bits per heavy atom. The molecule has 2 aromatic rings. The van der Waals surface area contributed by atoms with E-state index in [-0.39, 0.29) is 36.0 Å². The molecule has 0 unspecified atom stereocenters. The Labute approximate surface area is 247 Å². The number of hydrogen-bond acceptors (Lipinski definition) is 5. The number of hydrogen-bond donors (Lipinski definition) is 1. The summed E-state index contributed by atoms with van der Waals surface area (Å²) >= 11 is 0. The Kier molecular flexibility index (Phi) is 9.16. The first-order chi connectivity index (χ1) is 19.5. The predicted molar refractivity (Wildman–Crippen MR) is 157 cm³/mol. The molecule has 1 saturated heterocycles. The van der Waals surface area contributed by atoms with Gasteiger partial charge in [-0.1, -0.05) is 44.2 Å². The summed E-state index contributed by atoms with van der Waals surface area (Å²) in [6.07, 6.45) is -3.53. The quantitative estimate of drug-likeness (QED) is 0.431. The lowest BCUT2D eigenvalue weighted by Crippen LogP contribution is -2.48. The van der Waals surface area contributed by atoms with Crippen molar-refractivity contribution in [1.29, 1.82) is 0 Å². The number of ether oxygens (including phenoxy) is 1. The van der Waals surface area contributed by atoms with Crippen LogP contribution in [0.3, 0.4) is 0 Å². The first kappa shape index (κ1) is 31.7. The molecule has 0 radical (unpaired) electrons. The van der Waals surface area contributed by atoms with Crippen LogP contribution in [0.15, 0.2) is 42.5 Å². The van der Waals surface area contributed by atoms with Gasteiger partial charge in [-0.25, -0.2) is 4.79 Å². The molecule has 2 heterocycles. The van der Waals surface area contributed by atoms with Gasteiger partial charge in [-0.15, -0.1) is 0 Å². The van der Waals surface area contributed by atoms with Gasteiger partial charge in [-0.3, -0.25) is 4.79 Å². The molecule has 2 aromatic carbocycles.